The van der Waals surface area contributed by atoms with Gasteiger partial charge in [0.25, 0.3) is 0 Å². The molecule has 14 heavy (non-hydrogen) atoms. The third-order valence-corrected chi connectivity index (χ3v) is 1.49. The first-order valence-corrected chi connectivity index (χ1v) is 4.57. The van der Waals surface area contributed by atoms with Crippen LogP contribution in [0, 0.1) is 0 Å². The molecule has 0 bridgehead atoms. The van der Waals surface area contributed by atoms with Gasteiger partial charge in [-0.2, -0.15) is 0 Å². The van der Waals surface area contributed by atoms with Gasteiger partial charge in [0.2, 0.25) is 5.91 Å². The summed E-state index contributed by atoms with van der Waals surface area (Å²) in [6.45, 7) is 5.28. The first kappa shape index (κ1) is 12.9. The van der Waals surface area contributed by atoms with Crippen molar-refractivity contribution in [2.24, 2.45) is 0 Å². The minimum Gasteiger partial charge on any atom is -0.479 e. The Balaban J connectivity index is 3.54. The maximum atomic E-state index is 11.1. The molecule has 0 spiro atoms. The van der Waals surface area contributed by atoms with Crippen LogP contribution in [0.3, 0.4) is 0 Å². The number of rotatable bonds is 6. The normalized spacial score (nSPS) is 12.6. The second-order valence-corrected chi connectivity index (χ2v) is 3.32. The fraction of sp³-hybridized carbons (Fsp3) is 0.778. The predicted octanol–water partition coefficient (Wildman–Crippen LogP) is 0.391. The van der Waals surface area contributed by atoms with E-state index in [1.807, 2.05) is 13.8 Å². The van der Waals surface area contributed by atoms with E-state index in [0.717, 1.165) is 0 Å². The first-order chi connectivity index (χ1) is 6.43. The molecular weight excluding hydrogens is 186 g/mol. The summed E-state index contributed by atoms with van der Waals surface area (Å²) in [7, 11) is 0. The van der Waals surface area contributed by atoms with Gasteiger partial charge in [0, 0.05) is 12.5 Å². The molecule has 1 atom stereocenters. The summed E-state index contributed by atoms with van der Waals surface area (Å²) < 4.78 is 4.90. The van der Waals surface area contributed by atoms with Crippen LogP contribution in [0.15, 0.2) is 0 Å². The Morgan fingerprint density at radius 3 is 2.36 bits per heavy atom. The summed E-state index contributed by atoms with van der Waals surface area (Å²) in [6.07, 6.45) is -0.669. The number of nitrogens with one attached hydrogen (secondary N) is 1. The molecule has 0 aliphatic carbocycles. The average Bonchev–Trinajstić information content (AvgIpc) is 2.02. The maximum Gasteiger partial charge on any atom is 0.332 e. The van der Waals surface area contributed by atoms with E-state index in [4.69, 9.17) is 9.84 Å². The van der Waals surface area contributed by atoms with E-state index < -0.39 is 12.1 Å². The highest BCUT2D eigenvalue weighted by Gasteiger charge is 2.11. The molecule has 0 unspecified atom stereocenters. The molecule has 2 N–H and O–H groups in total. The van der Waals surface area contributed by atoms with Crippen LogP contribution >= 0.6 is 0 Å². The number of ether oxygens (including phenoxy) is 1. The Morgan fingerprint density at radius 2 is 1.93 bits per heavy atom. The van der Waals surface area contributed by atoms with Gasteiger partial charge in [0.15, 0.2) is 6.10 Å². The molecule has 0 rings (SSSR count). The number of carbonyl (C=O) groups is 2. The fourth-order valence-electron chi connectivity index (χ4n) is 0.794. The molecule has 1 amide bonds. The Morgan fingerprint density at radius 1 is 1.36 bits per heavy atom. The smallest absolute Gasteiger partial charge is 0.332 e. The molecule has 0 aliphatic heterocycles. The highest BCUT2D eigenvalue weighted by Crippen LogP contribution is 1.93. The number of aliphatic carboxylic acids is 1. The lowest BCUT2D eigenvalue weighted by atomic mass is 10.3. The average molecular weight is 203 g/mol. The Hall–Kier alpha value is -1.10. The number of carboxylic acid groups (broad SMARTS) is 1. The van der Waals surface area contributed by atoms with Crippen molar-refractivity contribution in [1.82, 2.24) is 5.32 Å². The van der Waals surface area contributed by atoms with Gasteiger partial charge in [-0.05, 0) is 20.8 Å². The van der Waals surface area contributed by atoms with Gasteiger partial charge in [0.1, 0.15) is 0 Å². The largest absolute Gasteiger partial charge is 0.479 e. The fourth-order valence-corrected chi connectivity index (χ4v) is 0.794. The second-order valence-electron chi connectivity index (χ2n) is 3.32. The Labute approximate surface area is 83.4 Å². The molecule has 0 aromatic rings. The van der Waals surface area contributed by atoms with E-state index in [0.29, 0.717) is 0 Å². The molecule has 5 heteroatoms. The lowest BCUT2D eigenvalue weighted by molar-refractivity contribution is -0.149. The number of hydrogen-bond donors (Lipinski definition) is 2. The quantitative estimate of drug-likeness (QED) is 0.654. The van der Waals surface area contributed by atoms with Crippen molar-refractivity contribution in [1.29, 1.82) is 0 Å². The van der Waals surface area contributed by atoms with E-state index >= 15 is 0 Å². The van der Waals surface area contributed by atoms with Crippen molar-refractivity contribution in [2.45, 2.75) is 39.3 Å². The Kier molecular flexibility index (Phi) is 5.87. The maximum absolute atomic E-state index is 11.1. The van der Waals surface area contributed by atoms with Crippen molar-refractivity contribution in [3.63, 3.8) is 0 Å². The van der Waals surface area contributed by atoms with Crippen LogP contribution in [0.1, 0.15) is 27.2 Å². The number of amides is 1. The zero-order valence-corrected chi connectivity index (χ0v) is 8.74. The minimum atomic E-state index is -1.02. The molecule has 0 radical (unpaired) electrons. The van der Waals surface area contributed by atoms with Gasteiger partial charge < -0.3 is 15.2 Å². The van der Waals surface area contributed by atoms with Crippen LogP contribution in [0.2, 0.25) is 0 Å². The van der Waals surface area contributed by atoms with Crippen molar-refractivity contribution in [2.75, 3.05) is 6.61 Å². The topological polar surface area (TPSA) is 75.6 Å². The predicted molar refractivity (Wildman–Crippen MR) is 50.9 cm³/mol. The summed E-state index contributed by atoms with van der Waals surface area (Å²) in [4.78, 5) is 21.4. The summed E-state index contributed by atoms with van der Waals surface area (Å²) in [6, 6.07) is 0.0967. The molecule has 0 aliphatic rings. The highest BCUT2D eigenvalue weighted by atomic mass is 16.5. The van der Waals surface area contributed by atoms with Crippen molar-refractivity contribution >= 4 is 11.9 Å². The lowest BCUT2D eigenvalue weighted by Crippen LogP contribution is -2.31. The SMILES string of the molecule is CC(C)NC(=O)CCO[C@@H](C)C(=O)O. The Bertz CT molecular complexity index is 203. The minimum absolute atomic E-state index is 0.0967. The molecule has 0 aromatic heterocycles. The van der Waals surface area contributed by atoms with Crippen LogP contribution in [0.5, 0.6) is 0 Å². The van der Waals surface area contributed by atoms with Crippen LogP contribution < -0.4 is 5.32 Å². The highest BCUT2D eigenvalue weighted by molar-refractivity contribution is 5.76. The molecule has 0 saturated carbocycles. The number of hydrogen-bond acceptors (Lipinski definition) is 3. The third kappa shape index (κ3) is 6.42. The summed E-state index contributed by atoms with van der Waals surface area (Å²) in [5, 5.41) is 11.1. The molecule has 5 nitrogen and oxygen atoms in total. The van der Waals surface area contributed by atoms with Crippen LogP contribution in [-0.2, 0) is 14.3 Å². The molecule has 0 fully saturated rings. The van der Waals surface area contributed by atoms with E-state index in [-0.39, 0.29) is 25.0 Å². The van der Waals surface area contributed by atoms with Crippen molar-refractivity contribution in [3.05, 3.63) is 0 Å². The zero-order valence-electron chi connectivity index (χ0n) is 8.74. The molecule has 0 aromatic carbocycles. The van der Waals surface area contributed by atoms with Crippen LogP contribution in [0.25, 0.3) is 0 Å². The second kappa shape index (κ2) is 6.37. The van der Waals surface area contributed by atoms with Gasteiger partial charge in [0.05, 0.1) is 6.61 Å². The van der Waals surface area contributed by atoms with Crippen LogP contribution in [-0.4, -0.2) is 35.7 Å². The van der Waals surface area contributed by atoms with Gasteiger partial charge >= 0.3 is 5.97 Å². The monoisotopic (exact) mass is 203 g/mol. The zero-order chi connectivity index (χ0) is 11.1. The third-order valence-electron chi connectivity index (χ3n) is 1.49. The van der Waals surface area contributed by atoms with Crippen molar-refractivity contribution in [3.8, 4) is 0 Å². The van der Waals surface area contributed by atoms with E-state index in [9.17, 15) is 9.59 Å². The summed E-state index contributed by atoms with van der Waals surface area (Å²) in [5.41, 5.74) is 0. The number of carboxylic acids is 1. The molecule has 0 saturated heterocycles. The van der Waals surface area contributed by atoms with Crippen LogP contribution in [0.4, 0.5) is 0 Å². The van der Waals surface area contributed by atoms with E-state index in [1.54, 1.807) is 0 Å². The summed E-state index contributed by atoms with van der Waals surface area (Å²) in [5.74, 6) is -1.15. The lowest BCUT2D eigenvalue weighted by Gasteiger charge is -2.10. The molecule has 0 heterocycles. The number of carbonyl (C=O) groups excluding carboxylic acids is 1. The van der Waals surface area contributed by atoms with E-state index in [1.165, 1.54) is 6.92 Å². The standard InChI is InChI=1S/C9H17NO4/c1-6(2)10-8(11)4-5-14-7(3)9(12)13/h6-7H,4-5H2,1-3H3,(H,10,11)(H,12,13)/t7-/m0/s1. The first-order valence-electron chi connectivity index (χ1n) is 4.57. The van der Waals surface area contributed by atoms with Gasteiger partial charge in [-0.25, -0.2) is 4.79 Å². The van der Waals surface area contributed by atoms with Gasteiger partial charge in [-0.3, -0.25) is 4.79 Å². The summed E-state index contributed by atoms with van der Waals surface area (Å²) >= 11 is 0. The van der Waals surface area contributed by atoms with E-state index in [2.05, 4.69) is 5.32 Å². The molecule has 82 valence electrons. The van der Waals surface area contributed by atoms with Gasteiger partial charge in [-0.1, -0.05) is 0 Å². The van der Waals surface area contributed by atoms with Gasteiger partial charge in [-0.15, -0.1) is 0 Å². The van der Waals surface area contributed by atoms with Crippen molar-refractivity contribution < 1.29 is 19.4 Å². The molecular formula is C9H17NO4.